The fourth-order valence-electron chi connectivity index (χ4n) is 4.01. The van der Waals surface area contributed by atoms with Crippen LogP contribution < -0.4 is 0 Å². The average Bonchev–Trinajstić information content (AvgIpc) is 2.78. The molecule has 1 rings (SSSR count). The van der Waals surface area contributed by atoms with Gasteiger partial charge in [-0.25, -0.2) is 9.59 Å². The van der Waals surface area contributed by atoms with Gasteiger partial charge in [0.1, 0.15) is 13.2 Å². The second-order valence-electron chi connectivity index (χ2n) is 11.3. The summed E-state index contributed by atoms with van der Waals surface area (Å²) >= 11 is 0. The topological polar surface area (TPSA) is 89.5 Å². The van der Waals surface area contributed by atoms with Crippen molar-refractivity contribution in [3.05, 3.63) is 0 Å². The van der Waals surface area contributed by atoms with Crippen molar-refractivity contribution in [2.24, 2.45) is 11.8 Å². The molecular weight excluding hydrogens is 483 g/mol. The third-order valence-corrected chi connectivity index (χ3v) is 6.47. The number of rotatable bonds is 16. The molecule has 8 nitrogen and oxygen atoms in total. The van der Waals surface area contributed by atoms with E-state index in [4.69, 9.17) is 28.4 Å². The summed E-state index contributed by atoms with van der Waals surface area (Å²) in [5, 5.41) is -1.08. The Kier molecular flexibility index (Phi) is 14.4. The van der Waals surface area contributed by atoms with E-state index in [0.717, 1.165) is 25.7 Å². The molecule has 36 heavy (non-hydrogen) atoms. The van der Waals surface area contributed by atoms with E-state index >= 15 is 0 Å². The molecule has 1 aliphatic rings. The largest absolute Gasteiger partial charge is 0.461 e. The maximum absolute atomic E-state index is 12.5. The summed E-state index contributed by atoms with van der Waals surface area (Å²) in [6.45, 7) is 18.2. The van der Waals surface area contributed by atoms with Crippen LogP contribution in [0.2, 0.25) is 0 Å². The van der Waals surface area contributed by atoms with Crippen LogP contribution in [-0.4, -0.2) is 73.7 Å². The molecule has 212 valence electrons. The minimum Gasteiger partial charge on any atom is -0.461 e. The Bertz CT molecular complexity index is 600. The van der Waals surface area contributed by atoms with E-state index in [1.54, 1.807) is 20.8 Å². The smallest absolute Gasteiger partial charge is 0.342 e. The lowest BCUT2D eigenvalue weighted by Gasteiger charge is -2.33. The zero-order chi connectivity index (χ0) is 27.5. The van der Waals surface area contributed by atoms with E-state index in [2.05, 4.69) is 9.24 Å². The first-order valence-corrected chi connectivity index (χ1v) is 13.9. The van der Waals surface area contributed by atoms with Gasteiger partial charge in [0.15, 0.2) is 10.9 Å². The van der Waals surface area contributed by atoms with Crippen molar-refractivity contribution in [2.75, 3.05) is 26.4 Å². The normalized spacial score (nSPS) is 22.2. The third-order valence-electron chi connectivity index (χ3n) is 6.07. The molecule has 0 aliphatic heterocycles. The first-order chi connectivity index (χ1) is 16.6. The van der Waals surface area contributed by atoms with Crippen molar-refractivity contribution in [1.29, 1.82) is 0 Å². The van der Waals surface area contributed by atoms with Gasteiger partial charge in [0, 0.05) is 0 Å². The second-order valence-corrected chi connectivity index (χ2v) is 12.4. The van der Waals surface area contributed by atoms with Gasteiger partial charge in [-0.15, -0.1) is 0 Å². The summed E-state index contributed by atoms with van der Waals surface area (Å²) in [6.07, 6.45) is 3.78. The van der Waals surface area contributed by atoms with Crippen molar-refractivity contribution in [3.8, 4) is 0 Å². The van der Waals surface area contributed by atoms with Crippen molar-refractivity contribution in [3.63, 3.8) is 0 Å². The van der Waals surface area contributed by atoms with Gasteiger partial charge in [-0.3, -0.25) is 0 Å². The lowest BCUT2D eigenvalue weighted by Crippen LogP contribution is -2.40. The van der Waals surface area contributed by atoms with Crippen LogP contribution in [-0.2, 0) is 38.0 Å². The Hall–Kier alpha value is -0.790. The van der Waals surface area contributed by atoms with E-state index in [-0.39, 0.29) is 43.6 Å². The van der Waals surface area contributed by atoms with Gasteiger partial charge >= 0.3 is 11.9 Å². The Morgan fingerprint density at radius 1 is 0.722 bits per heavy atom. The molecule has 1 saturated carbocycles. The standard InChI is InChI=1S/C27H51O8P/c1-18(2)34-20(5)14-30-24(28)26(7,8)32-16-22-10-12-23(13-11-22)17-33-27(9,36)25(29)31-15-21(6)35-19(3)4/h18-23H,10-17,36H2,1-9H3. The zero-order valence-corrected chi connectivity index (χ0v) is 25.1. The van der Waals surface area contributed by atoms with Gasteiger partial charge in [0.05, 0.1) is 37.6 Å². The van der Waals surface area contributed by atoms with E-state index in [1.807, 2.05) is 41.5 Å². The molecule has 0 bridgehead atoms. The van der Waals surface area contributed by atoms with Crippen LogP contribution in [0.3, 0.4) is 0 Å². The number of carbonyl (C=O) groups is 2. The Morgan fingerprint density at radius 2 is 1.11 bits per heavy atom. The predicted molar refractivity (Wildman–Crippen MR) is 143 cm³/mol. The quantitative estimate of drug-likeness (QED) is 0.204. The molecule has 0 aromatic heterocycles. The fraction of sp³-hybridized carbons (Fsp3) is 0.926. The molecule has 9 heteroatoms. The lowest BCUT2D eigenvalue weighted by atomic mass is 9.83. The molecule has 0 radical (unpaired) electrons. The molecule has 4 unspecified atom stereocenters. The van der Waals surface area contributed by atoms with Gasteiger partial charge in [-0.2, -0.15) is 0 Å². The molecule has 0 aromatic rings. The van der Waals surface area contributed by atoms with Crippen LogP contribution >= 0.6 is 9.24 Å². The Labute approximate surface area is 221 Å². The minimum absolute atomic E-state index is 0.0799. The molecule has 0 aromatic carbocycles. The number of carbonyl (C=O) groups excluding carboxylic acids is 2. The summed E-state index contributed by atoms with van der Waals surface area (Å²) < 4.78 is 33.9. The molecule has 0 heterocycles. The van der Waals surface area contributed by atoms with Crippen LogP contribution in [0.5, 0.6) is 0 Å². The number of ether oxygens (including phenoxy) is 6. The van der Waals surface area contributed by atoms with Gasteiger partial charge in [0.2, 0.25) is 0 Å². The van der Waals surface area contributed by atoms with Crippen LogP contribution in [0, 0.1) is 11.8 Å². The highest BCUT2D eigenvalue weighted by molar-refractivity contribution is 7.20. The highest BCUT2D eigenvalue weighted by Gasteiger charge is 2.35. The maximum Gasteiger partial charge on any atom is 0.342 e. The Balaban J connectivity index is 2.33. The van der Waals surface area contributed by atoms with Crippen LogP contribution in [0.4, 0.5) is 0 Å². The summed E-state index contributed by atoms with van der Waals surface area (Å²) in [4.78, 5) is 24.9. The number of hydrogen-bond acceptors (Lipinski definition) is 8. The average molecular weight is 535 g/mol. The van der Waals surface area contributed by atoms with Crippen LogP contribution in [0.25, 0.3) is 0 Å². The zero-order valence-electron chi connectivity index (χ0n) is 24.0. The predicted octanol–water partition coefficient (Wildman–Crippen LogP) is 4.91. The third kappa shape index (κ3) is 13.1. The van der Waals surface area contributed by atoms with E-state index in [9.17, 15) is 9.59 Å². The molecule has 4 atom stereocenters. The van der Waals surface area contributed by atoms with Crippen molar-refractivity contribution >= 4 is 21.2 Å². The minimum atomic E-state index is -1.08. The van der Waals surface area contributed by atoms with Crippen LogP contribution in [0.1, 0.15) is 88.0 Å². The molecule has 0 N–H and O–H groups in total. The molecule has 0 spiro atoms. The first-order valence-electron chi connectivity index (χ1n) is 13.3. The lowest BCUT2D eigenvalue weighted by molar-refractivity contribution is -0.174. The van der Waals surface area contributed by atoms with Crippen LogP contribution in [0.15, 0.2) is 0 Å². The first kappa shape index (κ1) is 33.2. The SMILES string of the molecule is CC(C)OC(C)COC(=O)C(C)(C)OCC1CCC(COC(C)(P)C(=O)OCC(C)OC(C)C)CC1. The fourth-order valence-corrected chi connectivity index (χ4v) is 4.19. The van der Waals surface area contributed by atoms with Crippen molar-refractivity contribution < 1.29 is 38.0 Å². The van der Waals surface area contributed by atoms with Crippen molar-refractivity contribution in [2.45, 2.75) is 123 Å². The number of hydrogen-bond donors (Lipinski definition) is 0. The van der Waals surface area contributed by atoms with Gasteiger partial charge in [0.25, 0.3) is 0 Å². The second kappa shape index (κ2) is 15.6. The maximum atomic E-state index is 12.5. The summed E-state index contributed by atoms with van der Waals surface area (Å²) in [6, 6.07) is 0. The molecule has 0 saturated heterocycles. The molecule has 0 amide bonds. The summed E-state index contributed by atoms with van der Waals surface area (Å²) in [7, 11) is 2.47. The van der Waals surface area contributed by atoms with E-state index in [0.29, 0.717) is 25.0 Å². The highest BCUT2D eigenvalue weighted by Crippen LogP contribution is 2.32. The van der Waals surface area contributed by atoms with Gasteiger partial charge in [-0.05, 0) is 99.8 Å². The Morgan fingerprint density at radius 3 is 1.53 bits per heavy atom. The van der Waals surface area contributed by atoms with Gasteiger partial charge < -0.3 is 28.4 Å². The summed E-state index contributed by atoms with van der Waals surface area (Å²) in [5.74, 6) is -0.0301. The molecule has 1 fully saturated rings. The van der Waals surface area contributed by atoms with Gasteiger partial charge in [-0.1, -0.05) is 9.24 Å². The van der Waals surface area contributed by atoms with Crippen molar-refractivity contribution in [1.82, 2.24) is 0 Å². The number of esters is 2. The molecular formula is C27H51O8P. The summed E-state index contributed by atoms with van der Waals surface area (Å²) in [5.41, 5.74) is -1.00. The molecule has 1 aliphatic carbocycles. The van der Waals surface area contributed by atoms with E-state index in [1.165, 1.54) is 0 Å². The highest BCUT2D eigenvalue weighted by atomic mass is 31.0. The monoisotopic (exact) mass is 534 g/mol. The van der Waals surface area contributed by atoms with E-state index < -0.39 is 16.9 Å².